The molecule has 3 aromatic rings. The second-order valence-corrected chi connectivity index (χ2v) is 10.4. The molecule has 1 unspecified atom stereocenters. The molecular weight excluding hydrogens is 537 g/mol. The highest BCUT2D eigenvalue weighted by molar-refractivity contribution is 7.99. The van der Waals surface area contributed by atoms with Crippen LogP contribution in [0.25, 0.3) is 11.2 Å². The standard InChI is InChI=1S/C17H17ClN5O6PS.C3H6O2/c1-26-13-12-10(6-27-30(24,25)29-12)28-16(13)23-15-11(14(19)20-7-21-15)22-17(23)31-9-4-2-8(18)3-5-9;1-3(4)5-2/h2-5,7,10,12-13,16H,6H2,1H3,(H,24,25)(H2,19,20,21);1-2H3/t10-,12-,13-,16-;/m1./s1. The third-order valence-electron chi connectivity index (χ3n) is 5.25. The second-order valence-electron chi connectivity index (χ2n) is 7.55. The molecule has 2 aliphatic heterocycles. The van der Waals surface area contributed by atoms with Crippen molar-refractivity contribution >= 4 is 54.1 Å². The minimum Gasteiger partial charge on any atom is -0.469 e. The third-order valence-corrected chi connectivity index (χ3v) is 7.47. The molecule has 2 fully saturated rings. The number of methoxy groups -OCH3 is 2. The molecule has 194 valence electrons. The lowest BCUT2D eigenvalue weighted by Gasteiger charge is -2.29. The monoisotopic (exact) mass is 559 g/mol. The summed E-state index contributed by atoms with van der Waals surface area (Å²) in [6, 6.07) is 7.25. The molecule has 0 bridgehead atoms. The van der Waals surface area contributed by atoms with Gasteiger partial charge in [0.1, 0.15) is 24.6 Å². The van der Waals surface area contributed by atoms with Crippen LogP contribution < -0.4 is 5.73 Å². The minimum absolute atomic E-state index is 0.113. The van der Waals surface area contributed by atoms with Crippen molar-refractivity contribution in [1.29, 1.82) is 0 Å². The number of phosphoric acid groups is 1. The quantitative estimate of drug-likeness (QED) is 0.353. The molecule has 0 amide bonds. The number of ether oxygens (including phenoxy) is 3. The van der Waals surface area contributed by atoms with Crippen molar-refractivity contribution in [2.24, 2.45) is 0 Å². The first kappa shape index (κ1) is 26.8. The van der Waals surface area contributed by atoms with Gasteiger partial charge in [0.25, 0.3) is 0 Å². The zero-order valence-electron chi connectivity index (χ0n) is 19.3. The van der Waals surface area contributed by atoms with Gasteiger partial charge in [0.2, 0.25) is 0 Å². The second kappa shape index (κ2) is 11.0. The number of imidazole rings is 1. The van der Waals surface area contributed by atoms with Crippen molar-refractivity contribution in [2.75, 3.05) is 26.6 Å². The molecule has 3 N–H and O–H groups in total. The SMILES string of the molecule is COC(C)=O.CO[C@@H]1[C@@H]2OP(=O)(O)OC[C@H]2O[C@H]1n1c(Sc2ccc(Cl)cc2)nc2c(N)ncnc21. The van der Waals surface area contributed by atoms with Crippen LogP contribution in [0.15, 0.2) is 40.6 Å². The lowest BCUT2D eigenvalue weighted by Crippen LogP contribution is -2.40. The molecule has 2 saturated heterocycles. The number of fused-ring (bicyclic) bond motifs is 2. The summed E-state index contributed by atoms with van der Waals surface area (Å²) in [5.74, 6) is -0.0319. The summed E-state index contributed by atoms with van der Waals surface area (Å²) in [6.07, 6.45) is -1.60. The summed E-state index contributed by atoms with van der Waals surface area (Å²) in [6.45, 7) is 1.25. The molecule has 1 aromatic carbocycles. The molecule has 0 aliphatic carbocycles. The van der Waals surface area contributed by atoms with Crippen molar-refractivity contribution in [3.8, 4) is 0 Å². The van der Waals surface area contributed by atoms with Crippen LogP contribution in [-0.4, -0.2) is 69.5 Å². The Balaban J connectivity index is 0.000000556. The van der Waals surface area contributed by atoms with E-state index >= 15 is 0 Å². The topological polar surface area (TPSA) is 170 Å². The molecule has 13 nitrogen and oxygen atoms in total. The van der Waals surface area contributed by atoms with Gasteiger partial charge in [-0.05, 0) is 24.3 Å². The number of nitrogens with zero attached hydrogens (tertiary/aromatic N) is 4. The van der Waals surface area contributed by atoms with E-state index in [9.17, 15) is 14.3 Å². The minimum atomic E-state index is -4.19. The summed E-state index contributed by atoms with van der Waals surface area (Å²) in [4.78, 5) is 33.2. The van der Waals surface area contributed by atoms with Gasteiger partial charge in [0, 0.05) is 24.0 Å². The van der Waals surface area contributed by atoms with Gasteiger partial charge in [0.15, 0.2) is 28.4 Å². The van der Waals surface area contributed by atoms with Crippen molar-refractivity contribution in [2.45, 2.75) is 41.5 Å². The van der Waals surface area contributed by atoms with Crippen LogP contribution >= 0.6 is 31.2 Å². The highest BCUT2D eigenvalue weighted by atomic mass is 35.5. The number of carbonyl (C=O) groups is 1. The molecule has 16 heteroatoms. The number of rotatable bonds is 4. The number of nitrogens with two attached hydrogens (primary N) is 1. The van der Waals surface area contributed by atoms with Gasteiger partial charge in [-0.25, -0.2) is 19.5 Å². The summed E-state index contributed by atoms with van der Waals surface area (Å²) >= 11 is 7.34. The lowest BCUT2D eigenvalue weighted by atomic mass is 10.1. The summed E-state index contributed by atoms with van der Waals surface area (Å²) in [5.41, 5.74) is 6.86. The van der Waals surface area contributed by atoms with Crippen LogP contribution in [0.5, 0.6) is 0 Å². The molecule has 4 heterocycles. The largest absolute Gasteiger partial charge is 0.472 e. The number of carbonyl (C=O) groups excluding carboxylic acids is 1. The number of hydrogen-bond donors (Lipinski definition) is 2. The Morgan fingerprint density at radius 3 is 2.64 bits per heavy atom. The maximum Gasteiger partial charge on any atom is 0.472 e. The molecule has 36 heavy (non-hydrogen) atoms. The van der Waals surface area contributed by atoms with Crippen LogP contribution in [0.4, 0.5) is 5.82 Å². The number of hydrogen-bond acceptors (Lipinski definition) is 12. The van der Waals surface area contributed by atoms with Crippen LogP contribution in [0.2, 0.25) is 5.02 Å². The Morgan fingerprint density at radius 1 is 1.31 bits per heavy atom. The van der Waals surface area contributed by atoms with E-state index in [-0.39, 0.29) is 18.4 Å². The van der Waals surface area contributed by atoms with Crippen molar-refractivity contribution in [3.05, 3.63) is 35.6 Å². The first-order valence-corrected chi connectivity index (χ1v) is 13.1. The van der Waals surface area contributed by atoms with Crippen molar-refractivity contribution in [1.82, 2.24) is 19.5 Å². The Kier molecular flexibility index (Phi) is 8.17. The van der Waals surface area contributed by atoms with Gasteiger partial charge >= 0.3 is 13.8 Å². The molecule has 0 saturated carbocycles. The number of phosphoric ester groups is 1. The Labute approximate surface area is 214 Å². The first-order chi connectivity index (χ1) is 17.1. The molecule has 0 radical (unpaired) electrons. The van der Waals surface area contributed by atoms with E-state index in [0.717, 1.165) is 4.90 Å². The first-order valence-electron chi connectivity index (χ1n) is 10.4. The van der Waals surface area contributed by atoms with Gasteiger partial charge < -0.3 is 24.8 Å². The highest BCUT2D eigenvalue weighted by Gasteiger charge is 2.54. The fourth-order valence-corrected chi connectivity index (χ4v) is 5.59. The van der Waals surface area contributed by atoms with Gasteiger partial charge in [-0.3, -0.25) is 18.4 Å². The van der Waals surface area contributed by atoms with Crippen LogP contribution in [0.1, 0.15) is 13.2 Å². The fraction of sp³-hybridized carbons (Fsp3) is 0.400. The van der Waals surface area contributed by atoms with E-state index in [2.05, 4.69) is 19.7 Å². The van der Waals surface area contributed by atoms with Gasteiger partial charge in [-0.1, -0.05) is 23.4 Å². The van der Waals surface area contributed by atoms with E-state index in [1.807, 2.05) is 12.1 Å². The maximum absolute atomic E-state index is 12.0. The predicted octanol–water partition coefficient (Wildman–Crippen LogP) is 2.82. The molecular formula is C20H23ClN5O8PS. The number of halogens is 1. The zero-order valence-corrected chi connectivity index (χ0v) is 21.8. The lowest BCUT2D eigenvalue weighted by molar-refractivity contribution is -0.137. The Bertz CT molecular complexity index is 1300. The number of esters is 1. The fourth-order valence-electron chi connectivity index (χ4n) is 3.60. The van der Waals surface area contributed by atoms with Gasteiger partial charge in [-0.15, -0.1) is 0 Å². The van der Waals surface area contributed by atoms with Crippen LogP contribution in [0, 0.1) is 0 Å². The third kappa shape index (κ3) is 5.66. The molecule has 2 aliphatic rings. The molecule has 5 atom stereocenters. The number of benzene rings is 1. The number of aromatic nitrogens is 4. The summed E-state index contributed by atoms with van der Waals surface area (Å²) < 4.78 is 39.7. The highest BCUT2D eigenvalue weighted by Crippen LogP contribution is 2.53. The van der Waals surface area contributed by atoms with E-state index < -0.39 is 32.4 Å². The number of nitrogen functional groups attached to an aromatic ring is 1. The molecule has 0 spiro atoms. The smallest absolute Gasteiger partial charge is 0.469 e. The van der Waals surface area contributed by atoms with Crippen LogP contribution in [0.3, 0.4) is 0 Å². The summed E-state index contributed by atoms with van der Waals surface area (Å²) in [5, 5.41) is 1.13. The maximum atomic E-state index is 12.0. The average molecular weight is 560 g/mol. The van der Waals surface area contributed by atoms with E-state index in [0.29, 0.717) is 21.3 Å². The number of anilines is 1. The van der Waals surface area contributed by atoms with E-state index in [1.165, 1.54) is 39.2 Å². The molecule has 5 rings (SSSR count). The van der Waals surface area contributed by atoms with E-state index in [4.69, 9.17) is 35.9 Å². The predicted molar refractivity (Wildman–Crippen MR) is 128 cm³/mol. The van der Waals surface area contributed by atoms with Crippen molar-refractivity contribution < 1.29 is 37.5 Å². The van der Waals surface area contributed by atoms with Crippen LogP contribution in [-0.2, 0) is 32.6 Å². The normalized spacial score (nSPS) is 27.2. The Morgan fingerprint density at radius 2 is 2.00 bits per heavy atom. The zero-order chi connectivity index (χ0) is 26.0. The van der Waals surface area contributed by atoms with E-state index in [1.54, 1.807) is 16.7 Å². The average Bonchev–Trinajstić information content (AvgIpc) is 3.37. The van der Waals surface area contributed by atoms with Gasteiger partial charge in [0.05, 0.1) is 13.7 Å². The Hall–Kier alpha value is -2.29. The van der Waals surface area contributed by atoms with Gasteiger partial charge in [-0.2, -0.15) is 0 Å². The van der Waals surface area contributed by atoms with Crippen molar-refractivity contribution in [3.63, 3.8) is 0 Å². The molecule has 2 aromatic heterocycles. The summed E-state index contributed by atoms with van der Waals surface area (Å²) in [7, 11) is -1.37.